The summed E-state index contributed by atoms with van der Waals surface area (Å²) in [6.07, 6.45) is 3.42. The van der Waals surface area contributed by atoms with Gasteiger partial charge in [-0.05, 0) is 32.1 Å². The summed E-state index contributed by atoms with van der Waals surface area (Å²) in [5.41, 5.74) is 0.642. The third-order valence-corrected chi connectivity index (χ3v) is 2.37. The minimum absolute atomic E-state index is 0.155. The second kappa shape index (κ2) is 5.44. The van der Waals surface area contributed by atoms with Crippen LogP contribution in [0.4, 0.5) is 5.82 Å². The quantitative estimate of drug-likeness (QED) is 0.843. The van der Waals surface area contributed by atoms with Crippen molar-refractivity contribution >= 4 is 17.6 Å². The molecular formula is C13H16N4O. The number of aliphatic imine (C=N–C) groups is 1. The number of nitrogens with one attached hydrogen (secondary N) is 2. The molecule has 5 heteroatoms. The summed E-state index contributed by atoms with van der Waals surface area (Å²) in [5, 5.41) is 5.91. The van der Waals surface area contributed by atoms with Crippen LogP contribution in [0.2, 0.25) is 0 Å². The topological polar surface area (TPSA) is 66.4 Å². The third kappa shape index (κ3) is 3.16. The molecule has 0 atom stereocenters. The number of hydrogen-bond donors (Lipinski definition) is 2. The molecule has 18 heavy (non-hydrogen) atoms. The molecule has 0 bridgehead atoms. The highest BCUT2D eigenvalue weighted by molar-refractivity contribution is 6.10. The van der Waals surface area contributed by atoms with Crippen LogP contribution in [-0.2, 0) is 4.79 Å². The monoisotopic (exact) mass is 244 g/mol. The van der Waals surface area contributed by atoms with Crippen molar-refractivity contribution in [2.75, 3.05) is 11.9 Å². The summed E-state index contributed by atoms with van der Waals surface area (Å²) in [6, 6.07) is 5.69. The maximum atomic E-state index is 11.9. The number of nitrogens with zero attached hydrogens (tertiary/aromatic N) is 2. The van der Waals surface area contributed by atoms with Gasteiger partial charge in [0.05, 0.1) is 6.54 Å². The Labute approximate surface area is 106 Å². The Bertz CT molecular complexity index is 491. The molecule has 0 radical (unpaired) electrons. The van der Waals surface area contributed by atoms with Crippen LogP contribution in [0.25, 0.3) is 0 Å². The van der Waals surface area contributed by atoms with E-state index in [0.29, 0.717) is 24.0 Å². The lowest BCUT2D eigenvalue weighted by Gasteiger charge is -2.06. The highest BCUT2D eigenvalue weighted by atomic mass is 16.1. The minimum Gasteiger partial charge on any atom is -0.368 e. The summed E-state index contributed by atoms with van der Waals surface area (Å²) in [4.78, 5) is 20.2. The zero-order valence-corrected chi connectivity index (χ0v) is 10.5. The highest BCUT2D eigenvalue weighted by Gasteiger charge is 2.16. The molecule has 0 fully saturated rings. The molecule has 1 aromatic heterocycles. The number of amidine groups is 1. The zero-order valence-electron chi connectivity index (χ0n) is 10.5. The smallest absolute Gasteiger partial charge is 0.254 e. The molecule has 0 saturated heterocycles. The van der Waals surface area contributed by atoms with E-state index in [1.807, 2.05) is 19.9 Å². The largest absolute Gasteiger partial charge is 0.368 e. The maximum absolute atomic E-state index is 11.9. The molecule has 1 aliphatic rings. The first kappa shape index (κ1) is 12.3. The van der Waals surface area contributed by atoms with E-state index < -0.39 is 0 Å². The summed E-state index contributed by atoms with van der Waals surface area (Å²) in [5.74, 6) is 1.16. The van der Waals surface area contributed by atoms with Crippen LogP contribution in [0.1, 0.15) is 13.8 Å². The zero-order chi connectivity index (χ0) is 13.0. The lowest BCUT2D eigenvalue weighted by atomic mass is 10.2. The van der Waals surface area contributed by atoms with Crippen molar-refractivity contribution in [1.29, 1.82) is 0 Å². The molecule has 0 aromatic carbocycles. The lowest BCUT2D eigenvalue weighted by Crippen LogP contribution is -2.28. The van der Waals surface area contributed by atoms with Gasteiger partial charge in [-0.1, -0.05) is 6.07 Å². The predicted octanol–water partition coefficient (Wildman–Crippen LogP) is 1.36. The first-order valence-electron chi connectivity index (χ1n) is 5.89. The van der Waals surface area contributed by atoms with Crippen LogP contribution in [0.5, 0.6) is 0 Å². The molecule has 2 N–H and O–H groups in total. The fraction of sp³-hybridized carbons (Fsp3) is 0.308. The number of aromatic nitrogens is 1. The Morgan fingerprint density at radius 2 is 2.22 bits per heavy atom. The number of carbonyl (C=O) groups excluding carboxylic acids is 1. The molecule has 5 nitrogen and oxygen atoms in total. The lowest BCUT2D eigenvalue weighted by molar-refractivity contribution is -0.112. The van der Waals surface area contributed by atoms with E-state index in [-0.39, 0.29) is 5.91 Å². The molecule has 1 amide bonds. The van der Waals surface area contributed by atoms with E-state index in [9.17, 15) is 4.79 Å². The van der Waals surface area contributed by atoms with Crippen LogP contribution in [-0.4, -0.2) is 29.3 Å². The number of carbonyl (C=O) groups is 1. The molecule has 0 aliphatic carbocycles. The molecule has 0 spiro atoms. The van der Waals surface area contributed by atoms with Gasteiger partial charge in [0.1, 0.15) is 11.7 Å². The summed E-state index contributed by atoms with van der Waals surface area (Å²) < 4.78 is 0. The Morgan fingerprint density at radius 1 is 1.39 bits per heavy atom. The normalized spacial score (nSPS) is 14.2. The van der Waals surface area contributed by atoms with Gasteiger partial charge < -0.3 is 10.6 Å². The van der Waals surface area contributed by atoms with Crippen molar-refractivity contribution in [3.63, 3.8) is 0 Å². The molecule has 1 aliphatic heterocycles. The van der Waals surface area contributed by atoms with Gasteiger partial charge >= 0.3 is 0 Å². The number of anilines is 1. The van der Waals surface area contributed by atoms with Crippen molar-refractivity contribution in [3.8, 4) is 0 Å². The number of rotatable bonds is 3. The summed E-state index contributed by atoms with van der Waals surface area (Å²) in [7, 11) is 0. The van der Waals surface area contributed by atoms with Gasteiger partial charge in [0.15, 0.2) is 0 Å². The molecule has 2 rings (SSSR count). The Morgan fingerprint density at radius 3 is 2.89 bits per heavy atom. The number of amides is 1. The molecule has 94 valence electrons. The van der Waals surface area contributed by atoms with Gasteiger partial charge in [-0.25, -0.2) is 4.98 Å². The van der Waals surface area contributed by atoms with E-state index in [0.717, 1.165) is 5.84 Å². The van der Waals surface area contributed by atoms with Gasteiger partial charge in [0.2, 0.25) is 0 Å². The number of pyridine rings is 1. The highest BCUT2D eigenvalue weighted by Crippen LogP contribution is 2.08. The Hall–Kier alpha value is -2.17. The Balaban J connectivity index is 1.96. The summed E-state index contributed by atoms with van der Waals surface area (Å²) >= 11 is 0. The second-order valence-electron chi connectivity index (χ2n) is 4.34. The van der Waals surface area contributed by atoms with Gasteiger partial charge in [-0.2, -0.15) is 0 Å². The Kier molecular flexibility index (Phi) is 3.72. The average molecular weight is 244 g/mol. The van der Waals surface area contributed by atoms with Crippen LogP contribution >= 0.6 is 0 Å². The van der Waals surface area contributed by atoms with E-state index >= 15 is 0 Å². The summed E-state index contributed by atoms with van der Waals surface area (Å²) in [6.45, 7) is 4.47. The van der Waals surface area contributed by atoms with Crippen molar-refractivity contribution in [2.45, 2.75) is 19.9 Å². The van der Waals surface area contributed by atoms with Crippen LogP contribution in [0.3, 0.4) is 0 Å². The molecule has 0 saturated carbocycles. The van der Waals surface area contributed by atoms with Gasteiger partial charge in [0, 0.05) is 17.8 Å². The van der Waals surface area contributed by atoms with Gasteiger partial charge in [0.25, 0.3) is 5.91 Å². The first-order chi connectivity index (χ1) is 8.65. The van der Waals surface area contributed by atoms with Crippen LogP contribution < -0.4 is 10.6 Å². The molecule has 0 unspecified atom stereocenters. The third-order valence-electron chi connectivity index (χ3n) is 2.37. The average Bonchev–Trinajstić information content (AvgIpc) is 2.78. The van der Waals surface area contributed by atoms with Gasteiger partial charge in [-0.15, -0.1) is 0 Å². The van der Waals surface area contributed by atoms with E-state index in [1.54, 1.807) is 24.4 Å². The minimum atomic E-state index is -0.155. The predicted molar refractivity (Wildman–Crippen MR) is 71.5 cm³/mol. The van der Waals surface area contributed by atoms with Gasteiger partial charge in [-0.3, -0.25) is 9.79 Å². The standard InChI is InChI=1S/C13H16N4O/c1-9(2)16-12-7-10(8-15-12)13(18)17-11-5-3-4-6-14-11/h3-7,9H,8H2,1-2H3,(H,15,16)(H,14,17,18). The first-order valence-corrected chi connectivity index (χ1v) is 5.89. The van der Waals surface area contributed by atoms with Crippen LogP contribution in [0.15, 0.2) is 41.0 Å². The van der Waals surface area contributed by atoms with Crippen molar-refractivity contribution in [1.82, 2.24) is 10.3 Å². The van der Waals surface area contributed by atoms with Crippen molar-refractivity contribution < 1.29 is 4.79 Å². The van der Waals surface area contributed by atoms with E-state index in [1.165, 1.54) is 0 Å². The SMILES string of the molecule is CC(C)NC1=NCC(C(=O)Nc2ccccn2)=C1. The molecule has 1 aromatic rings. The maximum Gasteiger partial charge on any atom is 0.254 e. The van der Waals surface area contributed by atoms with Crippen LogP contribution in [0, 0.1) is 0 Å². The fourth-order valence-corrected chi connectivity index (χ4v) is 1.58. The van der Waals surface area contributed by atoms with E-state index in [4.69, 9.17) is 0 Å². The van der Waals surface area contributed by atoms with E-state index in [2.05, 4.69) is 20.6 Å². The molecule has 2 heterocycles. The second-order valence-corrected chi connectivity index (χ2v) is 4.34. The van der Waals surface area contributed by atoms with Crippen molar-refractivity contribution in [3.05, 3.63) is 36.0 Å². The number of hydrogen-bond acceptors (Lipinski definition) is 4. The van der Waals surface area contributed by atoms with Crippen molar-refractivity contribution in [2.24, 2.45) is 4.99 Å². The molecular weight excluding hydrogens is 228 g/mol. The fourth-order valence-electron chi connectivity index (χ4n) is 1.58.